The highest BCUT2D eigenvalue weighted by Crippen LogP contribution is 2.35. The third-order valence-corrected chi connectivity index (χ3v) is 4.89. The fraction of sp³-hybridized carbons (Fsp3) is 0. The second kappa shape index (κ2) is 5.16. The molecule has 0 aliphatic carbocycles. The van der Waals surface area contributed by atoms with Gasteiger partial charge in [-0.3, -0.25) is 14.2 Å². The zero-order chi connectivity index (χ0) is 18.0. The molecule has 6 heteroatoms. The Hall–Kier alpha value is -3.18. The maximum absolute atomic E-state index is 13.8. The number of benzene rings is 2. The second-order valence-corrected chi connectivity index (χ2v) is 6.53. The zero-order valence-electron chi connectivity index (χ0n) is 13.2. The Bertz CT molecular complexity index is 1290. The number of pyridine rings is 1. The standard InChI is InChI=1S/C20H10ClFN2O2/c21-11-3-6-13(7-4-11)24-15-8-5-12(22)10-14(15)19(25)17-18(24)16-2-1-9-23(16)20(17)26/h1-10H. The van der Waals surface area contributed by atoms with Crippen LogP contribution in [0.25, 0.3) is 28.0 Å². The Balaban J connectivity index is 2.03. The maximum Gasteiger partial charge on any atom is 0.268 e. The molecule has 3 heterocycles. The molecule has 126 valence electrons. The largest absolute Gasteiger partial charge is 0.307 e. The van der Waals surface area contributed by atoms with Crippen LogP contribution < -0.4 is 5.43 Å². The van der Waals surface area contributed by atoms with E-state index in [1.54, 1.807) is 53.2 Å². The number of carbonyl (C=O) groups is 1. The highest BCUT2D eigenvalue weighted by atomic mass is 35.5. The number of nitrogens with zero attached hydrogens (tertiary/aromatic N) is 2. The van der Waals surface area contributed by atoms with Gasteiger partial charge in [-0.2, -0.15) is 0 Å². The molecule has 0 N–H and O–H groups in total. The first-order valence-electron chi connectivity index (χ1n) is 7.93. The minimum Gasteiger partial charge on any atom is -0.307 e. The van der Waals surface area contributed by atoms with Crippen LogP contribution in [0.15, 0.2) is 65.6 Å². The number of hydrogen-bond donors (Lipinski definition) is 0. The Morgan fingerprint density at radius 2 is 1.73 bits per heavy atom. The Morgan fingerprint density at radius 3 is 2.50 bits per heavy atom. The van der Waals surface area contributed by atoms with E-state index < -0.39 is 17.2 Å². The summed E-state index contributed by atoms with van der Waals surface area (Å²) in [6.07, 6.45) is 1.62. The first-order valence-corrected chi connectivity index (χ1v) is 8.31. The van der Waals surface area contributed by atoms with E-state index in [4.69, 9.17) is 11.6 Å². The van der Waals surface area contributed by atoms with E-state index in [-0.39, 0.29) is 10.9 Å². The van der Waals surface area contributed by atoms with Crippen molar-refractivity contribution in [3.8, 4) is 17.1 Å². The normalized spacial score (nSPS) is 12.5. The molecule has 0 fully saturated rings. The van der Waals surface area contributed by atoms with Crippen molar-refractivity contribution in [3.63, 3.8) is 0 Å². The third-order valence-electron chi connectivity index (χ3n) is 4.64. The molecular formula is C20H10ClFN2O2. The highest BCUT2D eigenvalue weighted by molar-refractivity contribution is 6.30. The predicted molar refractivity (Wildman–Crippen MR) is 97.7 cm³/mol. The Labute approximate surface area is 151 Å². The lowest BCUT2D eigenvalue weighted by atomic mass is 10.1. The smallest absolute Gasteiger partial charge is 0.268 e. The van der Waals surface area contributed by atoms with Gasteiger partial charge < -0.3 is 4.57 Å². The quantitative estimate of drug-likeness (QED) is 0.446. The van der Waals surface area contributed by atoms with E-state index in [0.717, 1.165) is 5.69 Å². The third kappa shape index (κ3) is 1.89. The minimum absolute atomic E-state index is 0.0497. The molecule has 4 nitrogen and oxygen atoms in total. The summed E-state index contributed by atoms with van der Waals surface area (Å²) in [4.78, 5) is 25.7. The molecule has 0 unspecified atom stereocenters. The fourth-order valence-corrected chi connectivity index (χ4v) is 3.66. The van der Waals surface area contributed by atoms with Crippen molar-refractivity contribution in [1.82, 2.24) is 9.13 Å². The summed E-state index contributed by atoms with van der Waals surface area (Å²) in [5, 5.41) is 0.735. The van der Waals surface area contributed by atoms with Crippen LogP contribution in [0.4, 0.5) is 4.39 Å². The minimum atomic E-state index is -0.526. The molecule has 2 aromatic heterocycles. The van der Waals surface area contributed by atoms with Crippen LogP contribution in [0.2, 0.25) is 5.02 Å². The SMILES string of the molecule is O=C1c2c(n(-c3ccc(Cl)cc3)c3ccc(F)cc3c2=O)-c2cccn21. The summed E-state index contributed by atoms with van der Waals surface area (Å²) in [5.74, 6) is -0.930. The van der Waals surface area contributed by atoms with Gasteiger partial charge in [-0.25, -0.2) is 4.39 Å². The van der Waals surface area contributed by atoms with Gasteiger partial charge in [-0.15, -0.1) is 0 Å². The number of hydrogen-bond acceptors (Lipinski definition) is 2. The summed E-state index contributed by atoms with van der Waals surface area (Å²) in [6.45, 7) is 0. The van der Waals surface area contributed by atoms with E-state index in [1.165, 1.54) is 16.7 Å². The lowest BCUT2D eigenvalue weighted by Crippen LogP contribution is -2.19. The highest BCUT2D eigenvalue weighted by Gasteiger charge is 2.33. The Kier molecular flexibility index (Phi) is 3.00. The molecule has 26 heavy (non-hydrogen) atoms. The van der Waals surface area contributed by atoms with E-state index in [1.807, 2.05) is 0 Å². The van der Waals surface area contributed by atoms with Gasteiger partial charge in [0.2, 0.25) is 5.43 Å². The summed E-state index contributed by atoms with van der Waals surface area (Å²) in [7, 11) is 0. The van der Waals surface area contributed by atoms with Gasteiger partial charge >= 0.3 is 0 Å². The summed E-state index contributed by atoms with van der Waals surface area (Å²) in [5.41, 5.74) is 1.97. The van der Waals surface area contributed by atoms with Crippen molar-refractivity contribution < 1.29 is 9.18 Å². The molecule has 0 saturated carbocycles. The second-order valence-electron chi connectivity index (χ2n) is 6.09. The fourth-order valence-electron chi connectivity index (χ4n) is 3.53. The zero-order valence-corrected chi connectivity index (χ0v) is 14.0. The molecule has 2 aromatic carbocycles. The molecule has 0 saturated heterocycles. The molecule has 0 atom stereocenters. The van der Waals surface area contributed by atoms with Gasteiger partial charge in [0.05, 0.1) is 16.9 Å². The molecule has 5 rings (SSSR count). The number of fused-ring (bicyclic) bond motifs is 4. The van der Waals surface area contributed by atoms with Crippen LogP contribution in [0.3, 0.4) is 0 Å². The van der Waals surface area contributed by atoms with Crippen molar-refractivity contribution in [3.05, 3.63) is 87.4 Å². The average molecular weight is 365 g/mol. The van der Waals surface area contributed by atoms with Crippen molar-refractivity contribution in [2.45, 2.75) is 0 Å². The van der Waals surface area contributed by atoms with Gasteiger partial charge in [0.15, 0.2) is 0 Å². The van der Waals surface area contributed by atoms with Crippen LogP contribution >= 0.6 is 11.6 Å². The molecule has 4 aromatic rings. The maximum atomic E-state index is 13.8. The summed E-state index contributed by atoms with van der Waals surface area (Å²) in [6, 6.07) is 14.6. The van der Waals surface area contributed by atoms with E-state index in [9.17, 15) is 14.0 Å². The lowest BCUT2D eigenvalue weighted by Gasteiger charge is -2.16. The Morgan fingerprint density at radius 1 is 0.962 bits per heavy atom. The van der Waals surface area contributed by atoms with Gasteiger partial charge in [0, 0.05) is 22.3 Å². The van der Waals surface area contributed by atoms with E-state index in [0.29, 0.717) is 21.9 Å². The first kappa shape index (κ1) is 15.1. The molecule has 0 amide bonds. The van der Waals surface area contributed by atoms with Gasteiger partial charge in [-0.1, -0.05) is 11.6 Å². The number of halogens is 2. The van der Waals surface area contributed by atoms with Crippen molar-refractivity contribution in [2.24, 2.45) is 0 Å². The van der Waals surface area contributed by atoms with E-state index in [2.05, 4.69) is 0 Å². The molecule has 0 spiro atoms. The monoisotopic (exact) mass is 364 g/mol. The number of rotatable bonds is 1. The first-order chi connectivity index (χ1) is 12.6. The molecular weight excluding hydrogens is 355 g/mol. The van der Waals surface area contributed by atoms with Gasteiger partial charge in [0.25, 0.3) is 5.91 Å². The van der Waals surface area contributed by atoms with Gasteiger partial charge in [-0.05, 0) is 54.6 Å². The lowest BCUT2D eigenvalue weighted by molar-refractivity contribution is 0.0968. The van der Waals surface area contributed by atoms with Crippen molar-refractivity contribution in [1.29, 1.82) is 0 Å². The number of carbonyl (C=O) groups excluding carboxylic acids is 1. The van der Waals surface area contributed by atoms with E-state index >= 15 is 0 Å². The van der Waals surface area contributed by atoms with Crippen LogP contribution in [-0.4, -0.2) is 15.0 Å². The van der Waals surface area contributed by atoms with Crippen LogP contribution in [0.5, 0.6) is 0 Å². The van der Waals surface area contributed by atoms with Crippen molar-refractivity contribution in [2.75, 3.05) is 0 Å². The topological polar surface area (TPSA) is 44.0 Å². The predicted octanol–water partition coefficient (Wildman–Crippen LogP) is 4.25. The summed E-state index contributed by atoms with van der Waals surface area (Å²) < 4.78 is 17.0. The molecule has 1 aliphatic heterocycles. The van der Waals surface area contributed by atoms with Crippen LogP contribution in [0.1, 0.15) is 10.4 Å². The molecule has 0 radical (unpaired) electrons. The molecule has 0 bridgehead atoms. The van der Waals surface area contributed by atoms with Crippen molar-refractivity contribution >= 4 is 28.4 Å². The van der Waals surface area contributed by atoms with Gasteiger partial charge in [0.1, 0.15) is 11.4 Å². The average Bonchev–Trinajstić information content (AvgIpc) is 3.20. The van der Waals surface area contributed by atoms with Crippen LogP contribution in [0, 0.1) is 5.82 Å². The number of aromatic nitrogens is 2. The molecule has 1 aliphatic rings. The van der Waals surface area contributed by atoms with Crippen LogP contribution in [-0.2, 0) is 0 Å². The summed E-state index contributed by atoms with van der Waals surface area (Å²) >= 11 is 6.00.